The standard InChI is InChI=1S/C13H14N4O/c14-5-11(18)12-9-2-4-16-7-10(9)17-13(12)8-1-3-15-6-8/h1-4,6-7,11,15,17-18H,5,14H2. The van der Waals surface area contributed by atoms with Crippen molar-refractivity contribution in [1.82, 2.24) is 15.0 Å². The molecule has 0 aliphatic rings. The molecule has 5 nitrogen and oxygen atoms in total. The van der Waals surface area contributed by atoms with Crippen LogP contribution in [-0.2, 0) is 0 Å². The monoisotopic (exact) mass is 242 g/mol. The van der Waals surface area contributed by atoms with E-state index in [0.717, 1.165) is 27.7 Å². The fourth-order valence-electron chi connectivity index (χ4n) is 2.24. The summed E-state index contributed by atoms with van der Waals surface area (Å²) < 4.78 is 0. The zero-order chi connectivity index (χ0) is 12.5. The molecule has 92 valence electrons. The molecular formula is C13H14N4O. The second-order valence-electron chi connectivity index (χ2n) is 4.19. The lowest BCUT2D eigenvalue weighted by atomic mass is 10.0. The Balaban J connectivity index is 2.30. The molecule has 5 heteroatoms. The maximum absolute atomic E-state index is 10.1. The van der Waals surface area contributed by atoms with Gasteiger partial charge in [-0.2, -0.15) is 0 Å². The lowest BCUT2D eigenvalue weighted by molar-refractivity contribution is 0.189. The van der Waals surface area contributed by atoms with Crippen LogP contribution in [0.2, 0.25) is 0 Å². The number of nitrogens with zero attached hydrogens (tertiary/aromatic N) is 1. The van der Waals surface area contributed by atoms with Crippen molar-refractivity contribution in [3.05, 3.63) is 42.5 Å². The summed E-state index contributed by atoms with van der Waals surface area (Å²) in [6, 6.07) is 3.83. The van der Waals surface area contributed by atoms with Gasteiger partial charge in [-0.3, -0.25) is 4.98 Å². The number of rotatable bonds is 3. The predicted octanol–water partition coefficient (Wildman–Crippen LogP) is 1.55. The number of aromatic amines is 2. The van der Waals surface area contributed by atoms with Gasteiger partial charge in [0.25, 0.3) is 0 Å². The lowest BCUT2D eigenvalue weighted by Crippen LogP contribution is -2.11. The summed E-state index contributed by atoms with van der Waals surface area (Å²) in [6.45, 7) is 0.187. The van der Waals surface area contributed by atoms with Gasteiger partial charge < -0.3 is 20.8 Å². The summed E-state index contributed by atoms with van der Waals surface area (Å²) in [5, 5.41) is 11.1. The number of fused-ring (bicyclic) bond motifs is 1. The fraction of sp³-hybridized carbons (Fsp3) is 0.154. The predicted molar refractivity (Wildman–Crippen MR) is 69.9 cm³/mol. The highest BCUT2D eigenvalue weighted by atomic mass is 16.3. The van der Waals surface area contributed by atoms with E-state index < -0.39 is 6.10 Å². The van der Waals surface area contributed by atoms with Gasteiger partial charge >= 0.3 is 0 Å². The van der Waals surface area contributed by atoms with Crippen molar-refractivity contribution in [3.63, 3.8) is 0 Å². The van der Waals surface area contributed by atoms with Gasteiger partial charge in [-0.25, -0.2) is 0 Å². The Morgan fingerprint density at radius 2 is 2.28 bits per heavy atom. The molecule has 0 aliphatic carbocycles. The van der Waals surface area contributed by atoms with E-state index in [-0.39, 0.29) is 6.54 Å². The molecule has 0 aromatic carbocycles. The van der Waals surface area contributed by atoms with Crippen LogP contribution in [0, 0.1) is 0 Å². The number of aliphatic hydroxyl groups excluding tert-OH is 1. The first kappa shape index (κ1) is 11.0. The Bertz CT molecular complexity index is 657. The van der Waals surface area contributed by atoms with E-state index in [0.29, 0.717) is 0 Å². The van der Waals surface area contributed by atoms with Crippen LogP contribution in [0.5, 0.6) is 0 Å². The molecular weight excluding hydrogens is 228 g/mol. The first-order chi connectivity index (χ1) is 8.81. The summed E-state index contributed by atoms with van der Waals surface area (Å²) in [7, 11) is 0. The molecule has 1 unspecified atom stereocenters. The number of aromatic nitrogens is 3. The van der Waals surface area contributed by atoms with E-state index in [1.807, 2.05) is 24.5 Å². The van der Waals surface area contributed by atoms with E-state index in [1.54, 1.807) is 12.4 Å². The number of pyridine rings is 1. The van der Waals surface area contributed by atoms with Gasteiger partial charge in [-0.05, 0) is 12.1 Å². The molecule has 0 amide bonds. The average Bonchev–Trinajstić information content (AvgIpc) is 3.04. The van der Waals surface area contributed by atoms with Gasteiger partial charge in [0.05, 0.1) is 23.5 Å². The van der Waals surface area contributed by atoms with Crippen molar-refractivity contribution in [2.24, 2.45) is 5.73 Å². The Kier molecular flexibility index (Phi) is 2.62. The highest BCUT2D eigenvalue weighted by Crippen LogP contribution is 2.33. The van der Waals surface area contributed by atoms with Gasteiger partial charge in [0.1, 0.15) is 0 Å². The molecule has 0 radical (unpaired) electrons. The quantitative estimate of drug-likeness (QED) is 0.561. The largest absolute Gasteiger partial charge is 0.387 e. The molecule has 0 saturated carbocycles. The minimum absolute atomic E-state index is 0.187. The number of nitrogens with one attached hydrogen (secondary N) is 2. The first-order valence-corrected chi connectivity index (χ1v) is 5.78. The minimum atomic E-state index is -0.689. The van der Waals surface area contributed by atoms with Crippen molar-refractivity contribution in [1.29, 1.82) is 0 Å². The Morgan fingerprint density at radius 3 is 3.00 bits per heavy atom. The molecule has 3 aromatic heterocycles. The molecule has 18 heavy (non-hydrogen) atoms. The molecule has 1 atom stereocenters. The number of hydrogen-bond donors (Lipinski definition) is 4. The van der Waals surface area contributed by atoms with E-state index in [2.05, 4.69) is 15.0 Å². The minimum Gasteiger partial charge on any atom is -0.387 e. The first-order valence-electron chi connectivity index (χ1n) is 5.78. The van der Waals surface area contributed by atoms with E-state index >= 15 is 0 Å². The molecule has 0 aliphatic heterocycles. The van der Waals surface area contributed by atoms with Gasteiger partial charge in [0, 0.05) is 41.6 Å². The topological polar surface area (TPSA) is 90.7 Å². The fourth-order valence-corrected chi connectivity index (χ4v) is 2.24. The molecule has 5 N–H and O–H groups in total. The number of hydrogen-bond acceptors (Lipinski definition) is 3. The van der Waals surface area contributed by atoms with Crippen LogP contribution in [0.3, 0.4) is 0 Å². The summed E-state index contributed by atoms with van der Waals surface area (Å²) >= 11 is 0. The highest BCUT2D eigenvalue weighted by molar-refractivity contribution is 5.90. The van der Waals surface area contributed by atoms with Crippen molar-refractivity contribution >= 4 is 10.9 Å². The summed E-state index contributed by atoms with van der Waals surface area (Å²) in [6.07, 6.45) is 6.50. The van der Waals surface area contributed by atoms with Gasteiger partial charge in [-0.1, -0.05) is 0 Å². The van der Waals surface area contributed by atoms with Crippen molar-refractivity contribution < 1.29 is 5.11 Å². The van der Waals surface area contributed by atoms with Gasteiger partial charge in [0.2, 0.25) is 0 Å². The van der Waals surface area contributed by atoms with Crippen LogP contribution >= 0.6 is 0 Å². The lowest BCUT2D eigenvalue weighted by Gasteiger charge is -2.09. The Labute approximate surface area is 104 Å². The summed E-state index contributed by atoms with van der Waals surface area (Å²) in [5.41, 5.74) is 9.20. The molecule has 3 rings (SSSR count). The smallest absolute Gasteiger partial charge is 0.0939 e. The average molecular weight is 242 g/mol. The number of nitrogens with two attached hydrogens (primary N) is 1. The molecule has 0 fully saturated rings. The third kappa shape index (κ3) is 1.61. The zero-order valence-electron chi connectivity index (χ0n) is 9.72. The maximum atomic E-state index is 10.1. The van der Waals surface area contributed by atoms with Crippen molar-refractivity contribution in [3.8, 4) is 11.3 Å². The van der Waals surface area contributed by atoms with Crippen molar-refractivity contribution in [2.75, 3.05) is 6.54 Å². The molecule has 3 aromatic rings. The highest BCUT2D eigenvalue weighted by Gasteiger charge is 2.19. The zero-order valence-corrected chi connectivity index (χ0v) is 9.72. The number of aliphatic hydroxyl groups is 1. The van der Waals surface area contributed by atoms with Crippen LogP contribution in [0.1, 0.15) is 11.7 Å². The van der Waals surface area contributed by atoms with E-state index in [4.69, 9.17) is 5.73 Å². The van der Waals surface area contributed by atoms with Crippen LogP contribution in [0.25, 0.3) is 22.2 Å². The molecule has 0 spiro atoms. The third-order valence-corrected chi connectivity index (χ3v) is 3.08. The molecule has 0 bridgehead atoms. The SMILES string of the molecule is NCC(O)c1c(-c2cc[nH]c2)[nH]c2cnccc12. The van der Waals surface area contributed by atoms with Gasteiger partial charge in [0.15, 0.2) is 0 Å². The van der Waals surface area contributed by atoms with Crippen LogP contribution in [0.4, 0.5) is 0 Å². The van der Waals surface area contributed by atoms with E-state index in [9.17, 15) is 5.11 Å². The Morgan fingerprint density at radius 1 is 1.39 bits per heavy atom. The van der Waals surface area contributed by atoms with Crippen molar-refractivity contribution in [2.45, 2.75) is 6.10 Å². The third-order valence-electron chi connectivity index (χ3n) is 3.08. The summed E-state index contributed by atoms with van der Waals surface area (Å²) in [4.78, 5) is 10.4. The molecule has 0 saturated heterocycles. The van der Waals surface area contributed by atoms with Gasteiger partial charge in [-0.15, -0.1) is 0 Å². The van der Waals surface area contributed by atoms with Crippen LogP contribution < -0.4 is 5.73 Å². The maximum Gasteiger partial charge on any atom is 0.0939 e. The summed E-state index contributed by atoms with van der Waals surface area (Å²) in [5.74, 6) is 0. The second-order valence-corrected chi connectivity index (χ2v) is 4.19. The van der Waals surface area contributed by atoms with E-state index in [1.165, 1.54) is 0 Å². The second kappa shape index (κ2) is 4.29. The number of H-pyrrole nitrogens is 2. The molecule has 3 heterocycles. The normalized spacial score (nSPS) is 13.0. The van der Waals surface area contributed by atoms with Crippen LogP contribution in [-0.4, -0.2) is 26.6 Å². The van der Waals surface area contributed by atoms with Crippen LogP contribution in [0.15, 0.2) is 36.9 Å². The Hall–Kier alpha value is -2.11.